The number of halogens is 1. The van der Waals surface area contributed by atoms with Crippen molar-refractivity contribution >= 4 is 22.5 Å². The molecule has 0 unspecified atom stereocenters. The number of carbonyl (C=O) groups excluding carboxylic acids is 1. The SMILES string of the molecule is O=C(NCCc1c[nH]c2ccccc12)c1ccc(NCc2ccc(F)cc2)cn1. The molecular formula is C23H21FN4O. The lowest BCUT2D eigenvalue weighted by Crippen LogP contribution is -2.26. The number of hydrogen-bond acceptors (Lipinski definition) is 3. The Bertz CT molecular complexity index is 1100. The zero-order valence-corrected chi connectivity index (χ0v) is 15.8. The van der Waals surface area contributed by atoms with Gasteiger partial charge < -0.3 is 15.6 Å². The van der Waals surface area contributed by atoms with Gasteiger partial charge in [0.05, 0.1) is 11.9 Å². The van der Waals surface area contributed by atoms with Crippen molar-refractivity contribution in [2.75, 3.05) is 11.9 Å². The van der Waals surface area contributed by atoms with Crippen molar-refractivity contribution in [2.24, 2.45) is 0 Å². The van der Waals surface area contributed by atoms with Crippen LogP contribution in [0.3, 0.4) is 0 Å². The summed E-state index contributed by atoms with van der Waals surface area (Å²) in [5, 5.41) is 7.30. The van der Waals surface area contributed by atoms with Gasteiger partial charge in [-0.05, 0) is 47.9 Å². The number of carbonyl (C=O) groups is 1. The minimum atomic E-state index is -0.254. The predicted octanol–water partition coefficient (Wildman–Crippen LogP) is 4.29. The molecule has 0 aliphatic rings. The largest absolute Gasteiger partial charge is 0.380 e. The summed E-state index contributed by atoms with van der Waals surface area (Å²) >= 11 is 0. The highest BCUT2D eigenvalue weighted by molar-refractivity contribution is 5.92. The van der Waals surface area contributed by atoms with Crippen LogP contribution in [0.5, 0.6) is 0 Å². The summed E-state index contributed by atoms with van der Waals surface area (Å²) in [5.74, 6) is -0.453. The van der Waals surface area contributed by atoms with Crippen LogP contribution < -0.4 is 10.6 Å². The summed E-state index contributed by atoms with van der Waals surface area (Å²) in [4.78, 5) is 19.8. The van der Waals surface area contributed by atoms with Crippen LogP contribution in [0, 0.1) is 5.82 Å². The summed E-state index contributed by atoms with van der Waals surface area (Å²) in [6.07, 6.45) is 4.35. The number of anilines is 1. The maximum absolute atomic E-state index is 12.9. The molecule has 4 aromatic rings. The van der Waals surface area contributed by atoms with E-state index in [0.717, 1.165) is 23.2 Å². The lowest BCUT2D eigenvalue weighted by molar-refractivity contribution is 0.0949. The lowest BCUT2D eigenvalue weighted by atomic mass is 10.1. The van der Waals surface area contributed by atoms with E-state index in [1.54, 1.807) is 24.4 Å². The fourth-order valence-electron chi connectivity index (χ4n) is 3.18. The molecule has 2 aromatic carbocycles. The van der Waals surface area contributed by atoms with E-state index in [0.29, 0.717) is 18.8 Å². The van der Waals surface area contributed by atoms with Crippen molar-refractivity contribution in [3.05, 3.63) is 95.7 Å². The summed E-state index contributed by atoms with van der Waals surface area (Å²) in [6, 6.07) is 17.9. The molecule has 6 heteroatoms. The van der Waals surface area contributed by atoms with Crippen LogP contribution in [0.2, 0.25) is 0 Å². The van der Waals surface area contributed by atoms with Gasteiger partial charge in [-0.3, -0.25) is 4.79 Å². The molecule has 1 amide bonds. The first-order valence-electron chi connectivity index (χ1n) is 9.46. The molecule has 146 valence electrons. The smallest absolute Gasteiger partial charge is 0.269 e. The zero-order valence-electron chi connectivity index (χ0n) is 15.8. The first-order valence-corrected chi connectivity index (χ1v) is 9.46. The Balaban J connectivity index is 1.28. The summed E-state index contributed by atoms with van der Waals surface area (Å²) in [6.45, 7) is 1.09. The number of aromatic amines is 1. The van der Waals surface area contributed by atoms with Gasteiger partial charge in [-0.15, -0.1) is 0 Å². The maximum Gasteiger partial charge on any atom is 0.269 e. The molecule has 0 fully saturated rings. The first kappa shape index (κ1) is 18.7. The quantitative estimate of drug-likeness (QED) is 0.442. The molecule has 0 bridgehead atoms. The van der Waals surface area contributed by atoms with Gasteiger partial charge in [0.25, 0.3) is 5.91 Å². The monoisotopic (exact) mass is 388 g/mol. The number of amides is 1. The molecule has 3 N–H and O–H groups in total. The second kappa shape index (κ2) is 8.56. The van der Waals surface area contributed by atoms with Gasteiger partial charge in [0.15, 0.2) is 0 Å². The average Bonchev–Trinajstić information content (AvgIpc) is 3.17. The molecule has 0 atom stereocenters. The number of fused-ring (bicyclic) bond motifs is 1. The number of benzene rings is 2. The third-order valence-corrected chi connectivity index (χ3v) is 4.76. The Kier molecular flexibility index (Phi) is 5.52. The van der Waals surface area contributed by atoms with Crippen LogP contribution in [-0.2, 0) is 13.0 Å². The Labute approximate surface area is 168 Å². The third-order valence-electron chi connectivity index (χ3n) is 4.76. The minimum Gasteiger partial charge on any atom is -0.380 e. The van der Waals surface area contributed by atoms with E-state index in [2.05, 4.69) is 26.7 Å². The molecule has 0 aliphatic heterocycles. The Morgan fingerprint density at radius 3 is 2.66 bits per heavy atom. The van der Waals surface area contributed by atoms with Gasteiger partial charge in [0, 0.05) is 30.2 Å². The highest BCUT2D eigenvalue weighted by Crippen LogP contribution is 2.17. The predicted molar refractivity (Wildman–Crippen MR) is 112 cm³/mol. The number of aromatic nitrogens is 2. The Morgan fingerprint density at radius 1 is 1.03 bits per heavy atom. The normalized spacial score (nSPS) is 10.8. The van der Waals surface area contributed by atoms with Gasteiger partial charge in [-0.1, -0.05) is 30.3 Å². The number of nitrogens with zero attached hydrogens (tertiary/aromatic N) is 1. The van der Waals surface area contributed by atoms with E-state index in [1.165, 1.54) is 23.1 Å². The molecule has 4 rings (SSSR count). The lowest BCUT2D eigenvalue weighted by Gasteiger charge is -2.08. The number of H-pyrrole nitrogens is 1. The second-order valence-corrected chi connectivity index (χ2v) is 6.78. The number of hydrogen-bond donors (Lipinski definition) is 3. The van der Waals surface area contributed by atoms with Gasteiger partial charge in [-0.2, -0.15) is 0 Å². The van der Waals surface area contributed by atoms with Crippen molar-refractivity contribution in [3.8, 4) is 0 Å². The van der Waals surface area contributed by atoms with E-state index in [4.69, 9.17) is 0 Å². The van der Waals surface area contributed by atoms with E-state index in [-0.39, 0.29) is 11.7 Å². The summed E-state index contributed by atoms with van der Waals surface area (Å²) in [5.41, 5.74) is 4.40. The number of pyridine rings is 1. The van der Waals surface area contributed by atoms with E-state index in [9.17, 15) is 9.18 Å². The summed E-state index contributed by atoms with van der Waals surface area (Å²) < 4.78 is 12.9. The molecule has 5 nitrogen and oxygen atoms in total. The number of para-hydroxylation sites is 1. The standard InChI is InChI=1S/C23H21FN4O/c24-18-7-5-16(6-8-18)13-26-19-9-10-22(28-15-19)23(29)25-12-11-17-14-27-21-4-2-1-3-20(17)21/h1-10,14-15,26-27H,11-13H2,(H,25,29). The maximum atomic E-state index is 12.9. The molecule has 0 saturated heterocycles. The van der Waals surface area contributed by atoms with Crippen molar-refractivity contribution in [1.82, 2.24) is 15.3 Å². The van der Waals surface area contributed by atoms with Crippen LogP contribution >= 0.6 is 0 Å². The molecular weight excluding hydrogens is 367 g/mol. The number of rotatable bonds is 7. The fraction of sp³-hybridized carbons (Fsp3) is 0.130. The van der Waals surface area contributed by atoms with Crippen molar-refractivity contribution in [1.29, 1.82) is 0 Å². The first-order chi connectivity index (χ1) is 14.2. The third kappa shape index (κ3) is 4.60. The Hall–Kier alpha value is -3.67. The Morgan fingerprint density at radius 2 is 1.86 bits per heavy atom. The van der Waals surface area contributed by atoms with E-state index >= 15 is 0 Å². The van der Waals surface area contributed by atoms with E-state index in [1.807, 2.05) is 30.5 Å². The number of nitrogens with one attached hydrogen (secondary N) is 3. The molecule has 0 radical (unpaired) electrons. The van der Waals surface area contributed by atoms with Gasteiger partial charge in [0.2, 0.25) is 0 Å². The van der Waals surface area contributed by atoms with Gasteiger partial charge >= 0.3 is 0 Å². The van der Waals surface area contributed by atoms with E-state index < -0.39 is 0 Å². The van der Waals surface area contributed by atoms with Crippen molar-refractivity contribution in [3.63, 3.8) is 0 Å². The fourth-order valence-corrected chi connectivity index (χ4v) is 3.18. The minimum absolute atomic E-state index is 0.199. The zero-order chi connectivity index (χ0) is 20.1. The highest BCUT2D eigenvalue weighted by atomic mass is 19.1. The van der Waals surface area contributed by atoms with Crippen LogP contribution in [0.15, 0.2) is 73.1 Å². The van der Waals surface area contributed by atoms with Crippen LogP contribution in [0.25, 0.3) is 10.9 Å². The molecule has 2 heterocycles. The topological polar surface area (TPSA) is 69.8 Å². The molecule has 2 aromatic heterocycles. The van der Waals surface area contributed by atoms with Crippen molar-refractivity contribution in [2.45, 2.75) is 13.0 Å². The van der Waals surface area contributed by atoms with Crippen LogP contribution in [0.4, 0.5) is 10.1 Å². The highest BCUT2D eigenvalue weighted by Gasteiger charge is 2.08. The van der Waals surface area contributed by atoms with Crippen molar-refractivity contribution < 1.29 is 9.18 Å². The molecule has 0 aliphatic carbocycles. The molecule has 0 spiro atoms. The van der Waals surface area contributed by atoms with Gasteiger partial charge in [-0.25, -0.2) is 9.37 Å². The average molecular weight is 388 g/mol. The molecule has 0 saturated carbocycles. The second-order valence-electron chi connectivity index (χ2n) is 6.78. The molecule has 29 heavy (non-hydrogen) atoms. The van der Waals surface area contributed by atoms with Crippen LogP contribution in [0.1, 0.15) is 21.6 Å². The summed E-state index contributed by atoms with van der Waals surface area (Å²) in [7, 11) is 0. The van der Waals surface area contributed by atoms with Gasteiger partial charge in [0.1, 0.15) is 11.5 Å². The van der Waals surface area contributed by atoms with Crippen LogP contribution in [-0.4, -0.2) is 22.4 Å².